The summed E-state index contributed by atoms with van der Waals surface area (Å²) in [6.45, 7) is 19.5. The van der Waals surface area contributed by atoms with Gasteiger partial charge in [-0.05, 0) is 46.8 Å². The van der Waals surface area contributed by atoms with E-state index in [1.807, 2.05) is 19.1 Å². The third-order valence-corrected chi connectivity index (χ3v) is 6.27. The van der Waals surface area contributed by atoms with Gasteiger partial charge in [-0.25, -0.2) is 0 Å². The zero-order valence-corrected chi connectivity index (χ0v) is 22.4. The Balaban J connectivity index is 2.58. The molecule has 1 aromatic carbocycles. The molecule has 0 aromatic heterocycles. The molecule has 0 saturated carbocycles. The summed E-state index contributed by atoms with van der Waals surface area (Å²) in [6, 6.07) is 3.96. The molecule has 0 aliphatic carbocycles. The van der Waals surface area contributed by atoms with E-state index < -0.39 is 0 Å². The first kappa shape index (κ1) is 28.5. The molecule has 32 heavy (non-hydrogen) atoms. The molecular weight excluding hydrogens is 396 g/mol. The second-order valence-corrected chi connectivity index (χ2v) is 12.0. The quantitative estimate of drug-likeness (QED) is 0.259. The van der Waals surface area contributed by atoms with E-state index in [9.17, 15) is 9.90 Å². The SMILES string of the molecule is CC(C)CCCCCCCCCOC(=O)C(C)c1cc(C(C)(C)C)c(O)c(C(C)(C)C)c1. The number of rotatable bonds is 12. The number of aromatic hydroxyl groups is 1. The molecule has 0 amide bonds. The maximum Gasteiger partial charge on any atom is 0.313 e. The number of carbonyl (C=O) groups is 1. The largest absolute Gasteiger partial charge is 0.507 e. The van der Waals surface area contributed by atoms with Crippen LogP contribution in [0.1, 0.15) is 136 Å². The van der Waals surface area contributed by atoms with Gasteiger partial charge in [0.05, 0.1) is 12.5 Å². The first-order valence-corrected chi connectivity index (χ1v) is 12.8. The number of phenolic OH excluding ortho intramolecular Hbond substituents is 1. The minimum atomic E-state index is -0.348. The second-order valence-electron chi connectivity index (χ2n) is 12.0. The molecule has 0 spiro atoms. The molecular formula is C29H50O3. The molecule has 1 N–H and O–H groups in total. The van der Waals surface area contributed by atoms with Crippen LogP contribution in [-0.4, -0.2) is 17.7 Å². The van der Waals surface area contributed by atoms with Crippen LogP contribution in [0.2, 0.25) is 0 Å². The van der Waals surface area contributed by atoms with E-state index in [1.165, 1.54) is 38.5 Å². The number of hydrogen-bond donors (Lipinski definition) is 1. The van der Waals surface area contributed by atoms with Gasteiger partial charge in [0, 0.05) is 0 Å². The first-order valence-electron chi connectivity index (χ1n) is 12.8. The molecule has 184 valence electrons. The highest BCUT2D eigenvalue weighted by atomic mass is 16.5. The van der Waals surface area contributed by atoms with Crippen LogP contribution in [0, 0.1) is 5.92 Å². The lowest BCUT2D eigenvalue weighted by Gasteiger charge is -2.29. The van der Waals surface area contributed by atoms with Gasteiger partial charge in [-0.2, -0.15) is 0 Å². The van der Waals surface area contributed by atoms with Gasteiger partial charge in [0.15, 0.2) is 0 Å². The molecule has 1 atom stereocenters. The van der Waals surface area contributed by atoms with Gasteiger partial charge in [-0.1, -0.05) is 112 Å². The van der Waals surface area contributed by atoms with Gasteiger partial charge in [0.25, 0.3) is 0 Å². The van der Waals surface area contributed by atoms with Gasteiger partial charge >= 0.3 is 5.97 Å². The third-order valence-electron chi connectivity index (χ3n) is 6.27. The van der Waals surface area contributed by atoms with Crippen molar-refractivity contribution in [3.63, 3.8) is 0 Å². The molecule has 1 rings (SSSR count). The van der Waals surface area contributed by atoms with Gasteiger partial charge in [0.2, 0.25) is 0 Å². The smallest absolute Gasteiger partial charge is 0.313 e. The average Bonchev–Trinajstić information content (AvgIpc) is 2.66. The summed E-state index contributed by atoms with van der Waals surface area (Å²) < 4.78 is 5.61. The molecule has 0 radical (unpaired) electrons. The van der Waals surface area contributed by atoms with E-state index in [1.54, 1.807) is 0 Å². The Labute approximate surface area is 198 Å². The molecule has 0 fully saturated rings. The van der Waals surface area contributed by atoms with E-state index in [-0.39, 0.29) is 22.7 Å². The van der Waals surface area contributed by atoms with Gasteiger partial charge < -0.3 is 9.84 Å². The minimum Gasteiger partial charge on any atom is -0.507 e. The van der Waals surface area contributed by atoms with E-state index in [2.05, 4.69) is 55.4 Å². The van der Waals surface area contributed by atoms with Crippen molar-refractivity contribution >= 4 is 5.97 Å². The highest BCUT2D eigenvalue weighted by molar-refractivity contribution is 5.78. The second kappa shape index (κ2) is 12.7. The van der Waals surface area contributed by atoms with E-state index >= 15 is 0 Å². The number of phenols is 1. The Kier molecular flexibility index (Phi) is 11.3. The van der Waals surface area contributed by atoms with Crippen molar-refractivity contribution < 1.29 is 14.6 Å². The van der Waals surface area contributed by atoms with Crippen molar-refractivity contribution in [2.45, 2.75) is 130 Å². The average molecular weight is 447 g/mol. The van der Waals surface area contributed by atoms with Crippen LogP contribution in [-0.2, 0) is 20.4 Å². The Morgan fingerprint density at radius 1 is 0.812 bits per heavy atom. The summed E-state index contributed by atoms with van der Waals surface area (Å²) in [7, 11) is 0. The Hall–Kier alpha value is -1.51. The van der Waals surface area contributed by atoms with Crippen molar-refractivity contribution in [2.75, 3.05) is 6.61 Å². The van der Waals surface area contributed by atoms with Crippen molar-refractivity contribution in [3.8, 4) is 5.75 Å². The third kappa shape index (κ3) is 9.55. The fourth-order valence-corrected chi connectivity index (χ4v) is 4.02. The topological polar surface area (TPSA) is 46.5 Å². The van der Waals surface area contributed by atoms with Crippen molar-refractivity contribution in [1.29, 1.82) is 0 Å². The zero-order valence-electron chi connectivity index (χ0n) is 22.4. The van der Waals surface area contributed by atoms with E-state index in [4.69, 9.17) is 4.74 Å². The Bertz CT molecular complexity index is 669. The molecule has 0 aliphatic rings. The summed E-state index contributed by atoms with van der Waals surface area (Å²) in [5.74, 6) is 0.634. The number of benzene rings is 1. The normalized spacial score (nSPS) is 13.4. The van der Waals surface area contributed by atoms with Crippen LogP contribution < -0.4 is 0 Å². The van der Waals surface area contributed by atoms with Crippen molar-refractivity contribution in [2.24, 2.45) is 5.92 Å². The summed E-state index contributed by atoms with van der Waals surface area (Å²) in [5.41, 5.74) is 2.27. The maximum absolute atomic E-state index is 12.7. The van der Waals surface area contributed by atoms with Crippen LogP contribution in [0.5, 0.6) is 5.75 Å². The Morgan fingerprint density at radius 3 is 1.69 bits per heavy atom. The summed E-state index contributed by atoms with van der Waals surface area (Å²) >= 11 is 0. The molecule has 0 bridgehead atoms. The number of carbonyl (C=O) groups excluding carboxylic acids is 1. The fourth-order valence-electron chi connectivity index (χ4n) is 4.02. The lowest BCUT2D eigenvalue weighted by molar-refractivity contribution is -0.145. The van der Waals surface area contributed by atoms with Crippen LogP contribution in [0.15, 0.2) is 12.1 Å². The highest BCUT2D eigenvalue weighted by Gasteiger charge is 2.29. The molecule has 0 saturated heterocycles. The summed E-state index contributed by atoms with van der Waals surface area (Å²) in [4.78, 5) is 12.7. The Morgan fingerprint density at radius 2 is 1.25 bits per heavy atom. The standard InChI is InChI=1S/C29H50O3/c1-21(2)17-15-13-11-10-12-14-16-18-32-27(31)22(3)23-19-24(28(4,5)6)26(30)25(20-23)29(7,8)9/h19-22,30H,10-18H2,1-9H3. The molecule has 3 heteroatoms. The molecule has 0 heterocycles. The monoisotopic (exact) mass is 446 g/mol. The maximum atomic E-state index is 12.7. The van der Waals surface area contributed by atoms with Crippen LogP contribution in [0.25, 0.3) is 0 Å². The van der Waals surface area contributed by atoms with Gasteiger partial charge in [-0.15, -0.1) is 0 Å². The predicted molar refractivity (Wildman–Crippen MR) is 137 cm³/mol. The van der Waals surface area contributed by atoms with Gasteiger partial charge in [-0.3, -0.25) is 4.79 Å². The van der Waals surface area contributed by atoms with Crippen molar-refractivity contribution in [3.05, 3.63) is 28.8 Å². The minimum absolute atomic E-state index is 0.177. The molecule has 1 aromatic rings. The fraction of sp³-hybridized carbons (Fsp3) is 0.759. The molecule has 1 unspecified atom stereocenters. The van der Waals surface area contributed by atoms with E-state index in [0.717, 1.165) is 35.4 Å². The number of ether oxygens (including phenoxy) is 1. The first-order chi connectivity index (χ1) is 14.7. The molecule has 0 aliphatic heterocycles. The summed E-state index contributed by atoms with van der Waals surface area (Å²) in [6.07, 6.45) is 9.88. The van der Waals surface area contributed by atoms with Gasteiger partial charge in [0.1, 0.15) is 5.75 Å². The lowest BCUT2D eigenvalue weighted by atomic mass is 9.77. The number of esters is 1. The van der Waals surface area contributed by atoms with Crippen molar-refractivity contribution in [1.82, 2.24) is 0 Å². The predicted octanol–water partition coefficient (Wildman–Crippen LogP) is 8.41. The van der Waals surface area contributed by atoms with Crippen LogP contribution in [0.3, 0.4) is 0 Å². The lowest BCUT2D eigenvalue weighted by Crippen LogP contribution is -2.20. The van der Waals surface area contributed by atoms with Crippen LogP contribution in [0.4, 0.5) is 0 Å². The summed E-state index contributed by atoms with van der Waals surface area (Å²) in [5, 5.41) is 10.9. The number of hydrogen-bond acceptors (Lipinski definition) is 3. The van der Waals surface area contributed by atoms with E-state index in [0.29, 0.717) is 12.4 Å². The number of unbranched alkanes of at least 4 members (excludes halogenated alkanes) is 6. The van der Waals surface area contributed by atoms with Crippen LogP contribution >= 0.6 is 0 Å². The molecule has 3 nitrogen and oxygen atoms in total. The highest BCUT2D eigenvalue weighted by Crippen LogP contribution is 2.41. The zero-order chi connectivity index (χ0) is 24.5.